The van der Waals surface area contributed by atoms with E-state index < -0.39 is 10.8 Å². The van der Waals surface area contributed by atoms with E-state index in [1.54, 1.807) is 0 Å². The zero-order valence-corrected chi connectivity index (χ0v) is 9.85. The summed E-state index contributed by atoms with van der Waals surface area (Å²) in [6.07, 6.45) is -0.135. The minimum Gasteiger partial charge on any atom is -0.367 e. The molecule has 4 nitrogen and oxygen atoms in total. The van der Waals surface area contributed by atoms with Crippen LogP contribution in [-0.2, 0) is 0 Å². The van der Waals surface area contributed by atoms with E-state index in [1.807, 2.05) is 32.9 Å². The molecule has 0 saturated heterocycles. The van der Waals surface area contributed by atoms with E-state index >= 15 is 0 Å². The Morgan fingerprint density at radius 2 is 1.80 bits per heavy atom. The zero-order valence-electron chi connectivity index (χ0n) is 9.03. The van der Waals surface area contributed by atoms with E-state index in [1.165, 1.54) is 0 Å². The molecule has 1 aromatic carbocycles. The average molecular weight is 228 g/mol. The quantitative estimate of drug-likeness (QED) is 0.551. The summed E-state index contributed by atoms with van der Waals surface area (Å²) in [7, 11) is -2.84. The van der Waals surface area contributed by atoms with Crippen molar-refractivity contribution in [2.75, 3.05) is 5.32 Å². The maximum absolute atomic E-state index is 9.90. The van der Waals surface area contributed by atoms with Gasteiger partial charge < -0.3 is 5.32 Å². The molecule has 0 spiro atoms. The second-order valence-corrected chi connectivity index (χ2v) is 5.74. The Morgan fingerprint density at radius 3 is 2.47 bits per heavy atom. The van der Waals surface area contributed by atoms with Crippen molar-refractivity contribution in [3.8, 4) is 0 Å². The number of benzene rings is 1. The monoisotopic (exact) mass is 228 g/mol. The van der Waals surface area contributed by atoms with Gasteiger partial charge in [0.25, 0.3) is 0 Å². The van der Waals surface area contributed by atoms with E-state index in [9.17, 15) is 9.11 Å². The van der Waals surface area contributed by atoms with Gasteiger partial charge in [0.15, 0.2) is 0 Å². The Bertz CT molecular complexity index is 407. The lowest BCUT2D eigenvalue weighted by Gasteiger charge is -2.42. The number of anilines is 1. The highest BCUT2D eigenvalue weighted by atomic mass is 32.3. The normalized spacial score (nSPS) is 25.3. The third-order valence-corrected chi connectivity index (χ3v) is 4.25. The Balaban J connectivity index is 2.58. The van der Waals surface area contributed by atoms with E-state index in [2.05, 4.69) is 10.0 Å². The van der Waals surface area contributed by atoms with Crippen molar-refractivity contribution in [2.45, 2.75) is 31.8 Å². The molecular formula is C10H16N2O2S. The first kappa shape index (κ1) is 10.8. The van der Waals surface area contributed by atoms with Crippen molar-refractivity contribution in [3.63, 3.8) is 0 Å². The summed E-state index contributed by atoms with van der Waals surface area (Å²) < 4.78 is 22.5. The average Bonchev–Trinajstić information content (AvgIpc) is 2.07. The van der Waals surface area contributed by atoms with E-state index in [-0.39, 0.29) is 6.17 Å². The minimum absolute atomic E-state index is 0.135. The van der Waals surface area contributed by atoms with Gasteiger partial charge in [-0.3, -0.25) is 9.11 Å². The van der Waals surface area contributed by atoms with E-state index in [0.717, 1.165) is 16.8 Å². The predicted molar refractivity (Wildman–Crippen MR) is 63.3 cm³/mol. The summed E-state index contributed by atoms with van der Waals surface area (Å²) in [5.74, 6) is 0. The molecule has 1 unspecified atom stereocenters. The standard InChI is InChI=1S/C10H16N2O2S/c1-6-4-9-10(5-7(6)2)15(13,14)12-8(3)11-9/h4-5,8,11-14H,1-3H3. The number of nitrogens with one attached hydrogen (secondary N) is 2. The Morgan fingerprint density at radius 1 is 1.20 bits per heavy atom. The fraction of sp³-hybridized carbons (Fsp3) is 0.400. The van der Waals surface area contributed by atoms with Crippen LogP contribution in [0.1, 0.15) is 18.1 Å². The van der Waals surface area contributed by atoms with Crippen molar-refractivity contribution in [2.24, 2.45) is 0 Å². The van der Waals surface area contributed by atoms with Gasteiger partial charge in [-0.15, -0.1) is 10.8 Å². The van der Waals surface area contributed by atoms with Gasteiger partial charge in [-0.25, -0.2) is 0 Å². The first-order valence-corrected chi connectivity index (χ1v) is 6.38. The van der Waals surface area contributed by atoms with E-state index in [0.29, 0.717) is 4.90 Å². The molecule has 1 aliphatic rings. The SMILES string of the molecule is Cc1cc2c(cc1C)S(O)(O)NC(C)N2. The molecule has 0 aromatic heterocycles. The Hall–Kier alpha value is -0.750. The van der Waals surface area contributed by atoms with Crippen LogP contribution in [-0.4, -0.2) is 15.3 Å². The molecule has 2 rings (SSSR count). The number of hydrogen-bond donors (Lipinski definition) is 4. The van der Waals surface area contributed by atoms with Gasteiger partial charge in [-0.1, -0.05) is 0 Å². The first-order valence-electron chi connectivity index (χ1n) is 4.83. The topological polar surface area (TPSA) is 64.5 Å². The molecule has 0 radical (unpaired) electrons. The Kier molecular flexibility index (Phi) is 2.42. The van der Waals surface area contributed by atoms with Crippen LogP contribution in [0.3, 0.4) is 0 Å². The van der Waals surface area contributed by atoms with Crippen molar-refractivity contribution in [3.05, 3.63) is 23.3 Å². The molecule has 0 aliphatic carbocycles. The van der Waals surface area contributed by atoms with Crippen LogP contribution >= 0.6 is 10.8 Å². The molecule has 1 heterocycles. The first-order chi connectivity index (χ1) is 6.90. The van der Waals surface area contributed by atoms with Crippen LogP contribution < -0.4 is 10.0 Å². The van der Waals surface area contributed by atoms with Gasteiger partial charge in [-0.05, 0) is 44.0 Å². The molecular weight excluding hydrogens is 212 g/mol. The summed E-state index contributed by atoms with van der Waals surface area (Å²) in [4.78, 5) is 0.559. The number of fused-ring (bicyclic) bond motifs is 1. The lowest BCUT2D eigenvalue weighted by molar-refractivity contribution is 0.457. The molecule has 1 atom stereocenters. The van der Waals surface area contributed by atoms with Crippen LogP contribution in [0.2, 0.25) is 0 Å². The molecule has 0 fully saturated rings. The zero-order chi connectivity index (χ0) is 11.2. The number of rotatable bonds is 0. The largest absolute Gasteiger partial charge is 0.367 e. The van der Waals surface area contributed by atoms with Gasteiger partial charge in [-0.2, -0.15) is 4.72 Å². The van der Waals surface area contributed by atoms with Crippen molar-refractivity contribution in [1.29, 1.82) is 0 Å². The highest BCUT2D eigenvalue weighted by Gasteiger charge is 2.27. The number of hydrogen-bond acceptors (Lipinski definition) is 4. The smallest absolute Gasteiger partial charge is 0.0985 e. The van der Waals surface area contributed by atoms with Crippen molar-refractivity contribution in [1.82, 2.24) is 4.72 Å². The van der Waals surface area contributed by atoms with Crippen molar-refractivity contribution >= 4 is 16.5 Å². The van der Waals surface area contributed by atoms with Crippen molar-refractivity contribution < 1.29 is 9.11 Å². The predicted octanol–water partition coefficient (Wildman–Crippen LogP) is 2.69. The maximum atomic E-state index is 9.90. The fourth-order valence-corrected chi connectivity index (χ4v) is 3.16. The molecule has 1 aliphatic heterocycles. The third kappa shape index (κ3) is 1.83. The molecule has 0 amide bonds. The minimum atomic E-state index is -2.84. The molecule has 5 heteroatoms. The molecule has 1 aromatic rings. The Labute approximate surface area is 91.2 Å². The molecule has 4 N–H and O–H groups in total. The number of aryl methyl sites for hydroxylation is 2. The summed E-state index contributed by atoms with van der Waals surface area (Å²) >= 11 is 0. The summed E-state index contributed by atoms with van der Waals surface area (Å²) in [5, 5.41) is 3.17. The van der Waals surface area contributed by atoms with Crippen LogP contribution in [0.5, 0.6) is 0 Å². The maximum Gasteiger partial charge on any atom is 0.0985 e. The lowest BCUT2D eigenvalue weighted by Crippen LogP contribution is -2.39. The summed E-state index contributed by atoms with van der Waals surface area (Å²) in [6.45, 7) is 5.82. The lowest BCUT2D eigenvalue weighted by atomic mass is 10.1. The van der Waals surface area contributed by atoms with Gasteiger partial charge in [0.2, 0.25) is 0 Å². The molecule has 15 heavy (non-hydrogen) atoms. The van der Waals surface area contributed by atoms with Crippen LogP contribution in [0.4, 0.5) is 5.69 Å². The van der Waals surface area contributed by atoms with Crippen LogP contribution in [0.25, 0.3) is 0 Å². The van der Waals surface area contributed by atoms with E-state index in [4.69, 9.17) is 0 Å². The highest BCUT2D eigenvalue weighted by Crippen LogP contribution is 2.51. The van der Waals surface area contributed by atoms with Gasteiger partial charge in [0.1, 0.15) is 0 Å². The van der Waals surface area contributed by atoms with Gasteiger partial charge in [0, 0.05) is 0 Å². The summed E-state index contributed by atoms with van der Waals surface area (Å²) in [6, 6.07) is 3.78. The molecule has 0 bridgehead atoms. The summed E-state index contributed by atoms with van der Waals surface area (Å²) in [5.41, 5.74) is 3.02. The fourth-order valence-electron chi connectivity index (χ4n) is 1.71. The molecule has 0 saturated carbocycles. The highest BCUT2D eigenvalue weighted by molar-refractivity contribution is 8.22. The van der Waals surface area contributed by atoms with Crippen LogP contribution in [0, 0.1) is 13.8 Å². The second kappa shape index (κ2) is 3.38. The van der Waals surface area contributed by atoms with Gasteiger partial charge >= 0.3 is 0 Å². The second-order valence-electron chi connectivity index (χ2n) is 3.97. The van der Waals surface area contributed by atoms with Gasteiger partial charge in [0.05, 0.1) is 16.7 Å². The third-order valence-electron chi connectivity index (χ3n) is 2.62. The van der Waals surface area contributed by atoms with Crippen LogP contribution in [0.15, 0.2) is 17.0 Å². The molecule has 84 valence electrons.